The standard InChI is InChI=1S/C8H18N2O2/c1-7(11)5-10(4)6-8(12)9(2)3/h7,11H,5-6H2,1-4H3. The zero-order chi connectivity index (χ0) is 9.72. The second-order valence-electron chi connectivity index (χ2n) is 3.33. The summed E-state index contributed by atoms with van der Waals surface area (Å²) in [6, 6.07) is 0. The van der Waals surface area contributed by atoms with Gasteiger partial charge in [0.05, 0.1) is 12.6 Å². The monoisotopic (exact) mass is 174 g/mol. The predicted octanol–water partition coefficient (Wildman–Crippen LogP) is -0.613. The first-order chi connectivity index (χ1) is 5.43. The van der Waals surface area contributed by atoms with Crippen molar-refractivity contribution < 1.29 is 9.90 Å². The smallest absolute Gasteiger partial charge is 0.236 e. The molecule has 4 nitrogen and oxygen atoms in total. The Bertz CT molecular complexity index is 146. The molecule has 0 rings (SSSR count). The molecule has 0 spiro atoms. The molecule has 0 radical (unpaired) electrons. The first-order valence-electron chi connectivity index (χ1n) is 4.00. The van der Waals surface area contributed by atoms with Crippen LogP contribution in [0.15, 0.2) is 0 Å². The lowest BCUT2D eigenvalue weighted by molar-refractivity contribution is -0.129. The molecule has 0 aliphatic heterocycles. The summed E-state index contributed by atoms with van der Waals surface area (Å²) in [7, 11) is 5.26. The summed E-state index contributed by atoms with van der Waals surface area (Å²) >= 11 is 0. The van der Waals surface area contributed by atoms with Crippen LogP contribution in [0, 0.1) is 0 Å². The number of rotatable bonds is 4. The molecule has 0 saturated carbocycles. The molecule has 0 aliphatic carbocycles. The van der Waals surface area contributed by atoms with Gasteiger partial charge < -0.3 is 10.0 Å². The fraction of sp³-hybridized carbons (Fsp3) is 0.875. The van der Waals surface area contributed by atoms with Crippen LogP contribution in [-0.4, -0.2) is 61.2 Å². The predicted molar refractivity (Wildman–Crippen MR) is 47.9 cm³/mol. The molecule has 0 aromatic rings. The fourth-order valence-electron chi connectivity index (χ4n) is 0.888. The van der Waals surface area contributed by atoms with Crippen molar-refractivity contribution in [3.8, 4) is 0 Å². The highest BCUT2D eigenvalue weighted by Crippen LogP contribution is 1.89. The molecule has 1 amide bonds. The van der Waals surface area contributed by atoms with Crippen LogP contribution in [0.25, 0.3) is 0 Å². The van der Waals surface area contributed by atoms with E-state index in [1.807, 2.05) is 7.05 Å². The molecule has 0 aromatic carbocycles. The Kier molecular flexibility index (Phi) is 4.85. The molecule has 4 heteroatoms. The third kappa shape index (κ3) is 5.09. The summed E-state index contributed by atoms with van der Waals surface area (Å²) < 4.78 is 0. The van der Waals surface area contributed by atoms with Gasteiger partial charge in [-0.3, -0.25) is 9.69 Å². The first kappa shape index (κ1) is 11.4. The van der Waals surface area contributed by atoms with Gasteiger partial charge in [0.2, 0.25) is 5.91 Å². The summed E-state index contributed by atoms with van der Waals surface area (Å²) in [5.41, 5.74) is 0. The molecule has 0 fully saturated rings. The van der Waals surface area contributed by atoms with Gasteiger partial charge in [0.1, 0.15) is 0 Å². The Labute approximate surface area is 73.8 Å². The molecule has 1 N–H and O–H groups in total. The second kappa shape index (κ2) is 5.11. The van der Waals surface area contributed by atoms with E-state index >= 15 is 0 Å². The van der Waals surface area contributed by atoms with Crippen molar-refractivity contribution in [2.24, 2.45) is 0 Å². The molecule has 72 valence electrons. The van der Waals surface area contributed by atoms with Crippen molar-refractivity contribution >= 4 is 5.91 Å². The van der Waals surface area contributed by atoms with Gasteiger partial charge in [0.25, 0.3) is 0 Å². The minimum atomic E-state index is -0.384. The maximum Gasteiger partial charge on any atom is 0.236 e. The highest BCUT2D eigenvalue weighted by atomic mass is 16.3. The van der Waals surface area contributed by atoms with E-state index in [2.05, 4.69) is 0 Å². The summed E-state index contributed by atoms with van der Waals surface area (Å²) in [4.78, 5) is 14.5. The first-order valence-corrected chi connectivity index (χ1v) is 4.00. The van der Waals surface area contributed by atoms with Gasteiger partial charge in [0, 0.05) is 20.6 Å². The molecule has 1 unspecified atom stereocenters. The van der Waals surface area contributed by atoms with Crippen LogP contribution in [0.5, 0.6) is 0 Å². The lowest BCUT2D eigenvalue weighted by Gasteiger charge is -2.19. The molecule has 0 bridgehead atoms. The quantitative estimate of drug-likeness (QED) is 0.618. The molecule has 1 atom stereocenters. The van der Waals surface area contributed by atoms with Gasteiger partial charge in [0.15, 0.2) is 0 Å². The Morgan fingerprint density at radius 2 is 1.92 bits per heavy atom. The van der Waals surface area contributed by atoms with E-state index in [9.17, 15) is 4.79 Å². The molecular formula is C8H18N2O2. The summed E-state index contributed by atoms with van der Waals surface area (Å²) in [6.45, 7) is 2.59. The van der Waals surface area contributed by atoms with Crippen LogP contribution in [0.4, 0.5) is 0 Å². The zero-order valence-electron chi connectivity index (χ0n) is 8.24. The summed E-state index contributed by atoms with van der Waals surface area (Å²) in [6.07, 6.45) is -0.384. The van der Waals surface area contributed by atoms with Gasteiger partial charge in [-0.2, -0.15) is 0 Å². The number of carbonyl (C=O) groups is 1. The third-order valence-corrected chi connectivity index (χ3v) is 1.48. The molecule has 0 aliphatic rings. The number of likely N-dealkylation sites (N-methyl/N-ethyl adjacent to an activating group) is 2. The van der Waals surface area contributed by atoms with Crippen molar-refractivity contribution in [2.75, 3.05) is 34.2 Å². The van der Waals surface area contributed by atoms with E-state index in [0.717, 1.165) is 0 Å². The molecule has 0 heterocycles. The van der Waals surface area contributed by atoms with Crippen molar-refractivity contribution in [1.82, 2.24) is 9.80 Å². The summed E-state index contributed by atoms with van der Waals surface area (Å²) in [5, 5.41) is 9.01. The number of carbonyl (C=O) groups excluding carboxylic acids is 1. The van der Waals surface area contributed by atoms with Gasteiger partial charge >= 0.3 is 0 Å². The molecular weight excluding hydrogens is 156 g/mol. The minimum Gasteiger partial charge on any atom is -0.392 e. The fourth-order valence-corrected chi connectivity index (χ4v) is 0.888. The van der Waals surface area contributed by atoms with Crippen LogP contribution in [-0.2, 0) is 4.79 Å². The number of aliphatic hydroxyl groups is 1. The second-order valence-corrected chi connectivity index (χ2v) is 3.33. The van der Waals surface area contributed by atoms with E-state index in [4.69, 9.17) is 5.11 Å². The number of aliphatic hydroxyl groups excluding tert-OH is 1. The minimum absolute atomic E-state index is 0.0538. The molecule has 0 aromatic heterocycles. The number of hydrogen-bond donors (Lipinski definition) is 1. The van der Waals surface area contributed by atoms with Crippen LogP contribution in [0.2, 0.25) is 0 Å². The van der Waals surface area contributed by atoms with Crippen molar-refractivity contribution in [1.29, 1.82) is 0 Å². The average Bonchev–Trinajstić information content (AvgIpc) is 1.84. The number of amides is 1. The molecule has 0 saturated heterocycles. The van der Waals surface area contributed by atoms with E-state index in [1.165, 1.54) is 0 Å². The van der Waals surface area contributed by atoms with E-state index < -0.39 is 0 Å². The van der Waals surface area contributed by atoms with Gasteiger partial charge in [-0.15, -0.1) is 0 Å². The maximum absolute atomic E-state index is 11.1. The van der Waals surface area contributed by atoms with E-state index in [-0.39, 0.29) is 12.0 Å². The molecule has 12 heavy (non-hydrogen) atoms. The Morgan fingerprint density at radius 3 is 2.25 bits per heavy atom. The van der Waals surface area contributed by atoms with Crippen LogP contribution < -0.4 is 0 Å². The Balaban J connectivity index is 3.69. The average molecular weight is 174 g/mol. The van der Waals surface area contributed by atoms with Crippen molar-refractivity contribution in [3.05, 3.63) is 0 Å². The Hall–Kier alpha value is -0.610. The van der Waals surface area contributed by atoms with E-state index in [0.29, 0.717) is 13.1 Å². The van der Waals surface area contributed by atoms with Crippen molar-refractivity contribution in [3.63, 3.8) is 0 Å². The largest absolute Gasteiger partial charge is 0.392 e. The summed E-state index contributed by atoms with van der Waals surface area (Å²) in [5.74, 6) is 0.0538. The van der Waals surface area contributed by atoms with Gasteiger partial charge in [-0.05, 0) is 14.0 Å². The van der Waals surface area contributed by atoms with E-state index in [1.54, 1.807) is 30.8 Å². The van der Waals surface area contributed by atoms with Crippen LogP contribution >= 0.6 is 0 Å². The lowest BCUT2D eigenvalue weighted by atomic mass is 10.3. The van der Waals surface area contributed by atoms with Gasteiger partial charge in [-0.1, -0.05) is 0 Å². The highest BCUT2D eigenvalue weighted by Gasteiger charge is 2.09. The third-order valence-electron chi connectivity index (χ3n) is 1.48. The van der Waals surface area contributed by atoms with Crippen LogP contribution in [0.1, 0.15) is 6.92 Å². The van der Waals surface area contributed by atoms with Gasteiger partial charge in [-0.25, -0.2) is 0 Å². The lowest BCUT2D eigenvalue weighted by Crippen LogP contribution is -2.37. The highest BCUT2D eigenvalue weighted by molar-refractivity contribution is 5.77. The SMILES string of the molecule is CC(O)CN(C)CC(=O)N(C)C. The maximum atomic E-state index is 11.1. The number of hydrogen-bond acceptors (Lipinski definition) is 3. The normalized spacial score (nSPS) is 13.2. The zero-order valence-corrected chi connectivity index (χ0v) is 8.24. The number of nitrogens with zero attached hydrogens (tertiary/aromatic N) is 2. The van der Waals surface area contributed by atoms with Crippen LogP contribution in [0.3, 0.4) is 0 Å². The topological polar surface area (TPSA) is 43.8 Å². The van der Waals surface area contributed by atoms with Crippen molar-refractivity contribution in [2.45, 2.75) is 13.0 Å². The Morgan fingerprint density at radius 1 is 1.42 bits per heavy atom.